The summed E-state index contributed by atoms with van der Waals surface area (Å²) in [6.45, 7) is 6.89. The molecule has 0 bridgehead atoms. The van der Waals surface area contributed by atoms with Gasteiger partial charge in [-0.1, -0.05) is 25.4 Å². The second kappa shape index (κ2) is 6.61. The van der Waals surface area contributed by atoms with Crippen LogP contribution in [0.4, 0.5) is 11.4 Å². The number of anilines is 2. The Morgan fingerprint density at radius 3 is 2.46 bits per heavy atom. The Bertz CT molecular complexity index is 249. The topological polar surface area (TPSA) is 38.0 Å². The van der Waals surface area contributed by atoms with Crippen LogP contribution in [0, 0.1) is 0 Å². The molecule has 0 fully saturated rings. The fraction of sp³-hybridized carbons (Fsp3) is 0.400. The van der Waals surface area contributed by atoms with Gasteiger partial charge in [0.2, 0.25) is 0 Å². The molecule has 2 nitrogen and oxygen atoms in total. The van der Waals surface area contributed by atoms with E-state index in [4.69, 9.17) is 17.3 Å². The van der Waals surface area contributed by atoms with Crippen LogP contribution in [0.3, 0.4) is 0 Å². The first-order valence-electron chi connectivity index (χ1n) is 4.53. The highest BCUT2D eigenvalue weighted by molar-refractivity contribution is 6.31. The lowest BCUT2D eigenvalue weighted by atomic mass is 10.3. The van der Waals surface area contributed by atoms with E-state index in [1.54, 1.807) is 6.07 Å². The van der Waals surface area contributed by atoms with Crippen LogP contribution >= 0.6 is 11.6 Å². The van der Waals surface area contributed by atoms with Gasteiger partial charge in [0, 0.05) is 11.6 Å². The number of nitrogen functional groups attached to an aromatic ring is 1. The number of nitrogens with one attached hydrogen (secondary N) is 1. The summed E-state index contributed by atoms with van der Waals surface area (Å²) in [5, 5.41) is 3.79. The smallest absolute Gasteiger partial charge is 0.0574 e. The molecular formula is C10H17ClN2. The molecule has 0 spiro atoms. The highest BCUT2D eigenvalue weighted by Gasteiger charge is 1.96. The maximum atomic E-state index is 5.71. The second-order valence-corrected chi connectivity index (χ2v) is 2.70. The molecule has 0 heterocycles. The molecule has 0 amide bonds. The number of benzene rings is 1. The quantitative estimate of drug-likeness (QED) is 0.719. The Kier molecular flexibility index (Phi) is 6.15. The molecular weight excluding hydrogens is 184 g/mol. The van der Waals surface area contributed by atoms with Crippen LogP contribution in [0.1, 0.15) is 20.8 Å². The summed E-state index contributed by atoms with van der Waals surface area (Å²) in [6.07, 6.45) is 0. The average Bonchev–Trinajstić information content (AvgIpc) is 2.14. The summed E-state index contributed by atoms with van der Waals surface area (Å²) in [4.78, 5) is 0. The van der Waals surface area contributed by atoms with Gasteiger partial charge in [-0.05, 0) is 25.1 Å². The molecule has 0 atom stereocenters. The summed E-state index contributed by atoms with van der Waals surface area (Å²) in [6, 6.07) is 5.43. The Labute approximate surface area is 85.1 Å². The minimum Gasteiger partial charge on any atom is -0.397 e. The minimum absolute atomic E-state index is 0.671. The summed E-state index contributed by atoms with van der Waals surface area (Å²) in [5.74, 6) is 0. The normalized spacial score (nSPS) is 8.62. The van der Waals surface area contributed by atoms with E-state index in [2.05, 4.69) is 5.32 Å². The third-order valence-corrected chi connectivity index (χ3v) is 1.62. The van der Waals surface area contributed by atoms with Crippen LogP contribution in [0.2, 0.25) is 5.02 Å². The largest absolute Gasteiger partial charge is 0.397 e. The van der Waals surface area contributed by atoms with E-state index in [1.807, 2.05) is 32.9 Å². The highest BCUT2D eigenvalue weighted by Crippen LogP contribution is 2.21. The zero-order chi connectivity index (χ0) is 10.3. The first-order valence-corrected chi connectivity index (χ1v) is 4.90. The maximum absolute atomic E-state index is 5.71. The van der Waals surface area contributed by atoms with Crippen molar-refractivity contribution in [1.82, 2.24) is 0 Å². The van der Waals surface area contributed by atoms with Gasteiger partial charge in [-0.15, -0.1) is 0 Å². The molecule has 1 rings (SSSR count). The van der Waals surface area contributed by atoms with Gasteiger partial charge in [0.1, 0.15) is 0 Å². The zero-order valence-electron chi connectivity index (χ0n) is 8.39. The van der Waals surface area contributed by atoms with Crippen LogP contribution in [0.25, 0.3) is 0 Å². The van der Waals surface area contributed by atoms with Crippen LogP contribution in [-0.4, -0.2) is 6.54 Å². The molecule has 0 aliphatic carbocycles. The zero-order valence-corrected chi connectivity index (χ0v) is 9.15. The van der Waals surface area contributed by atoms with Crippen molar-refractivity contribution in [3.63, 3.8) is 0 Å². The molecule has 0 saturated carbocycles. The Balaban J connectivity index is 0.000000671. The lowest BCUT2D eigenvalue weighted by Crippen LogP contribution is -2.00. The van der Waals surface area contributed by atoms with Gasteiger partial charge >= 0.3 is 0 Å². The maximum Gasteiger partial charge on any atom is 0.0574 e. The molecule has 0 aliphatic heterocycles. The lowest BCUT2D eigenvalue weighted by Gasteiger charge is -2.06. The van der Waals surface area contributed by atoms with Gasteiger partial charge in [0.05, 0.1) is 11.4 Å². The monoisotopic (exact) mass is 200 g/mol. The van der Waals surface area contributed by atoms with E-state index in [0.29, 0.717) is 10.7 Å². The number of halogens is 1. The van der Waals surface area contributed by atoms with Gasteiger partial charge in [-0.3, -0.25) is 0 Å². The highest BCUT2D eigenvalue weighted by atomic mass is 35.5. The van der Waals surface area contributed by atoms with Crippen LogP contribution in [-0.2, 0) is 0 Å². The lowest BCUT2D eigenvalue weighted by molar-refractivity contribution is 1.21. The Morgan fingerprint density at radius 2 is 2.00 bits per heavy atom. The van der Waals surface area contributed by atoms with Crippen LogP contribution in [0.15, 0.2) is 18.2 Å². The van der Waals surface area contributed by atoms with Crippen molar-refractivity contribution >= 4 is 23.0 Å². The van der Waals surface area contributed by atoms with Crippen molar-refractivity contribution in [1.29, 1.82) is 0 Å². The third-order valence-electron chi connectivity index (χ3n) is 1.38. The van der Waals surface area contributed by atoms with Crippen molar-refractivity contribution in [3.8, 4) is 0 Å². The minimum atomic E-state index is 0.671. The molecule has 0 aromatic heterocycles. The molecule has 1 aromatic carbocycles. The molecule has 0 aliphatic rings. The fourth-order valence-corrected chi connectivity index (χ4v) is 1.07. The van der Waals surface area contributed by atoms with E-state index in [0.717, 1.165) is 12.2 Å². The third kappa shape index (κ3) is 4.04. The Morgan fingerprint density at radius 1 is 1.38 bits per heavy atom. The number of hydrogen-bond donors (Lipinski definition) is 2. The van der Waals surface area contributed by atoms with E-state index < -0.39 is 0 Å². The second-order valence-electron chi connectivity index (χ2n) is 2.26. The molecule has 0 unspecified atom stereocenters. The molecule has 1 aromatic rings. The summed E-state index contributed by atoms with van der Waals surface area (Å²) in [5.41, 5.74) is 7.30. The van der Waals surface area contributed by atoms with Crippen molar-refractivity contribution in [2.75, 3.05) is 17.6 Å². The number of hydrogen-bond acceptors (Lipinski definition) is 2. The SMILES string of the molecule is CC.CCNc1ccc(Cl)cc1N. The predicted octanol–water partition coefficient (Wildman–Crippen LogP) is 3.38. The summed E-state index contributed by atoms with van der Waals surface area (Å²) >= 11 is 5.71. The standard InChI is InChI=1S/C8H11ClN2.C2H6/c1-2-11-8-4-3-6(9)5-7(8)10;1-2/h3-5,11H,2,10H2,1H3;1-2H3. The molecule has 74 valence electrons. The van der Waals surface area contributed by atoms with Crippen molar-refractivity contribution in [2.24, 2.45) is 0 Å². The van der Waals surface area contributed by atoms with Crippen molar-refractivity contribution in [3.05, 3.63) is 23.2 Å². The van der Waals surface area contributed by atoms with Gasteiger partial charge in [-0.2, -0.15) is 0 Å². The number of rotatable bonds is 2. The van der Waals surface area contributed by atoms with Crippen molar-refractivity contribution < 1.29 is 0 Å². The van der Waals surface area contributed by atoms with E-state index >= 15 is 0 Å². The Hall–Kier alpha value is -0.890. The fourth-order valence-electron chi connectivity index (χ4n) is 0.885. The molecule has 3 N–H and O–H groups in total. The van der Waals surface area contributed by atoms with Gasteiger partial charge in [0.25, 0.3) is 0 Å². The van der Waals surface area contributed by atoms with Crippen molar-refractivity contribution in [2.45, 2.75) is 20.8 Å². The average molecular weight is 201 g/mol. The summed E-state index contributed by atoms with van der Waals surface area (Å²) < 4.78 is 0. The molecule has 13 heavy (non-hydrogen) atoms. The van der Waals surface area contributed by atoms with Gasteiger partial charge in [-0.25, -0.2) is 0 Å². The van der Waals surface area contributed by atoms with Crippen LogP contribution < -0.4 is 11.1 Å². The first-order chi connectivity index (χ1) is 6.24. The van der Waals surface area contributed by atoms with Crippen LogP contribution in [0.5, 0.6) is 0 Å². The molecule has 0 radical (unpaired) electrons. The first kappa shape index (κ1) is 12.1. The predicted molar refractivity (Wildman–Crippen MR) is 61.4 cm³/mol. The van der Waals surface area contributed by atoms with Gasteiger partial charge < -0.3 is 11.1 Å². The van der Waals surface area contributed by atoms with E-state index in [-0.39, 0.29) is 0 Å². The molecule has 0 saturated heterocycles. The van der Waals surface area contributed by atoms with E-state index in [9.17, 15) is 0 Å². The number of nitrogens with two attached hydrogens (primary N) is 1. The molecule has 3 heteroatoms. The van der Waals surface area contributed by atoms with Gasteiger partial charge in [0.15, 0.2) is 0 Å². The summed E-state index contributed by atoms with van der Waals surface area (Å²) in [7, 11) is 0. The van der Waals surface area contributed by atoms with E-state index in [1.165, 1.54) is 0 Å².